The second-order valence-corrected chi connectivity index (χ2v) is 5.90. The minimum absolute atomic E-state index is 0.128. The molecule has 0 radical (unpaired) electrons. The van der Waals surface area contributed by atoms with Crippen LogP contribution in [0, 0.1) is 0 Å². The van der Waals surface area contributed by atoms with E-state index in [1.807, 2.05) is 0 Å². The molecule has 0 aromatic heterocycles. The maximum atomic E-state index is 12.2. The van der Waals surface area contributed by atoms with Gasteiger partial charge in [-0.25, -0.2) is 4.79 Å². The van der Waals surface area contributed by atoms with Gasteiger partial charge in [0.1, 0.15) is 11.5 Å². The van der Waals surface area contributed by atoms with Crippen molar-refractivity contribution in [1.82, 2.24) is 16.2 Å². The van der Waals surface area contributed by atoms with Crippen molar-refractivity contribution in [2.24, 2.45) is 0 Å². The van der Waals surface area contributed by atoms with Crippen LogP contribution in [-0.2, 0) is 9.53 Å². The average Bonchev–Trinajstić information content (AvgIpc) is 2.76. The molecule has 0 heterocycles. The van der Waals surface area contributed by atoms with Crippen LogP contribution in [0.3, 0.4) is 0 Å². The van der Waals surface area contributed by atoms with Crippen molar-refractivity contribution < 1.29 is 28.6 Å². The van der Waals surface area contributed by atoms with E-state index < -0.39 is 17.8 Å². The van der Waals surface area contributed by atoms with Crippen molar-refractivity contribution in [2.75, 3.05) is 20.8 Å². The van der Waals surface area contributed by atoms with Gasteiger partial charge in [-0.1, -0.05) is 6.07 Å². The summed E-state index contributed by atoms with van der Waals surface area (Å²) >= 11 is 4.96. The second-order valence-electron chi connectivity index (χ2n) is 5.49. The Morgan fingerprint density at radius 2 is 1.59 bits per heavy atom. The number of amides is 2. The normalized spacial score (nSPS) is 9.72. The molecule has 0 aliphatic heterocycles. The van der Waals surface area contributed by atoms with Crippen molar-refractivity contribution in [1.29, 1.82) is 0 Å². The Morgan fingerprint density at radius 3 is 2.24 bits per heavy atom. The number of methoxy groups -OCH3 is 2. The van der Waals surface area contributed by atoms with Gasteiger partial charge in [-0.2, -0.15) is 0 Å². The van der Waals surface area contributed by atoms with Crippen LogP contribution in [0.15, 0.2) is 48.5 Å². The van der Waals surface area contributed by atoms with Crippen LogP contribution < -0.4 is 25.6 Å². The molecule has 0 saturated heterocycles. The van der Waals surface area contributed by atoms with Gasteiger partial charge >= 0.3 is 5.97 Å². The third-order valence-corrected chi connectivity index (χ3v) is 3.72. The zero-order valence-electron chi connectivity index (χ0n) is 15.7. The molecular formula is C19H19N3O6S. The molecule has 152 valence electrons. The lowest BCUT2D eigenvalue weighted by Gasteiger charge is -2.12. The monoisotopic (exact) mass is 417 g/mol. The molecule has 2 aromatic carbocycles. The fourth-order valence-corrected chi connectivity index (χ4v) is 2.24. The number of carbonyl (C=O) groups is 3. The van der Waals surface area contributed by atoms with Gasteiger partial charge in [-0.15, -0.1) is 0 Å². The summed E-state index contributed by atoms with van der Waals surface area (Å²) in [6, 6.07) is 12.6. The van der Waals surface area contributed by atoms with E-state index in [9.17, 15) is 14.4 Å². The van der Waals surface area contributed by atoms with Gasteiger partial charge in [-0.05, 0) is 54.7 Å². The number of esters is 1. The van der Waals surface area contributed by atoms with Crippen molar-refractivity contribution in [3.8, 4) is 11.5 Å². The largest absolute Gasteiger partial charge is 0.497 e. The van der Waals surface area contributed by atoms with Crippen LogP contribution in [0.25, 0.3) is 0 Å². The molecule has 2 aromatic rings. The van der Waals surface area contributed by atoms with E-state index in [4.69, 9.17) is 21.7 Å². The fraction of sp³-hybridized carbons (Fsp3) is 0.158. The summed E-state index contributed by atoms with van der Waals surface area (Å²) in [5, 5.41) is 2.25. The summed E-state index contributed by atoms with van der Waals surface area (Å²) in [6.07, 6.45) is 0. The van der Waals surface area contributed by atoms with E-state index in [-0.39, 0.29) is 22.8 Å². The maximum Gasteiger partial charge on any atom is 0.337 e. The summed E-state index contributed by atoms with van der Waals surface area (Å²) in [4.78, 5) is 35.5. The molecule has 0 unspecified atom stereocenters. The first-order valence-electron chi connectivity index (χ1n) is 8.28. The van der Waals surface area contributed by atoms with Crippen LogP contribution in [0.5, 0.6) is 11.5 Å². The number of nitrogens with one attached hydrogen (secondary N) is 3. The Morgan fingerprint density at radius 1 is 0.931 bits per heavy atom. The highest BCUT2D eigenvalue weighted by Crippen LogP contribution is 2.16. The third kappa shape index (κ3) is 6.78. The van der Waals surface area contributed by atoms with Gasteiger partial charge in [0.2, 0.25) is 0 Å². The zero-order chi connectivity index (χ0) is 21.2. The molecule has 2 amide bonds. The van der Waals surface area contributed by atoms with Crippen LogP contribution >= 0.6 is 12.2 Å². The molecule has 0 aliphatic rings. The minimum atomic E-state index is -0.565. The molecule has 9 nitrogen and oxygen atoms in total. The first kappa shape index (κ1) is 21.6. The highest BCUT2D eigenvalue weighted by Gasteiger charge is 2.12. The summed E-state index contributed by atoms with van der Waals surface area (Å²) in [5.74, 6) is -0.476. The van der Waals surface area contributed by atoms with E-state index in [0.29, 0.717) is 11.5 Å². The highest BCUT2D eigenvalue weighted by molar-refractivity contribution is 7.80. The summed E-state index contributed by atoms with van der Waals surface area (Å²) < 4.78 is 15.0. The molecule has 0 fully saturated rings. The maximum absolute atomic E-state index is 12.2. The molecule has 0 aliphatic carbocycles. The van der Waals surface area contributed by atoms with Crippen LogP contribution in [-0.4, -0.2) is 43.7 Å². The van der Waals surface area contributed by atoms with Gasteiger partial charge in [0.05, 0.1) is 19.8 Å². The van der Waals surface area contributed by atoms with E-state index in [0.717, 1.165) is 0 Å². The standard InChI is InChI=1S/C19H19N3O6S/c1-26-14-6-8-15(9-7-14)28-11-16(23)21-22-19(29)20-17(24)12-4-3-5-13(10-12)18(25)27-2/h3-10H,11H2,1-2H3,(H,21,23)(H2,20,22,24,29). The van der Waals surface area contributed by atoms with Gasteiger partial charge in [0.15, 0.2) is 11.7 Å². The predicted octanol–water partition coefficient (Wildman–Crippen LogP) is 1.20. The number of hydrogen-bond acceptors (Lipinski definition) is 7. The molecule has 29 heavy (non-hydrogen) atoms. The van der Waals surface area contributed by atoms with Gasteiger partial charge in [0, 0.05) is 5.56 Å². The predicted molar refractivity (Wildman–Crippen MR) is 108 cm³/mol. The Kier molecular flexibility index (Phi) is 7.92. The molecule has 0 spiro atoms. The summed E-state index contributed by atoms with van der Waals surface area (Å²) in [6.45, 7) is -0.267. The van der Waals surface area contributed by atoms with E-state index in [1.165, 1.54) is 31.4 Å². The third-order valence-electron chi connectivity index (χ3n) is 3.52. The van der Waals surface area contributed by atoms with Gasteiger partial charge < -0.3 is 14.2 Å². The number of hydrogen-bond donors (Lipinski definition) is 3. The first-order valence-corrected chi connectivity index (χ1v) is 8.69. The molecular weight excluding hydrogens is 398 g/mol. The minimum Gasteiger partial charge on any atom is -0.497 e. The lowest BCUT2D eigenvalue weighted by molar-refractivity contribution is -0.123. The lowest BCUT2D eigenvalue weighted by atomic mass is 10.1. The van der Waals surface area contributed by atoms with E-state index >= 15 is 0 Å². The smallest absolute Gasteiger partial charge is 0.337 e. The molecule has 3 N–H and O–H groups in total. The summed E-state index contributed by atoms with van der Waals surface area (Å²) in [7, 11) is 2.79. The number of hydrazine groups is 1. The molecule has 2 rings (SSSR count). The fourth-order valence-electron chi connectivity index (χ4n) is 2.10. The number of rotatable bonds is 6. The summed E-state index contributed by atoms with van der Waals surface area (Å²) in [5.41, 5.74) is 5.12. The van der Waals surface area contributed by atoms with Crippen LogP contribution in [0.1, 0.15) is 20.7 Å². The van der Waals surface area contributed by atoms with Gasteiger partial charge in [-0.3, -0.25) is 25.8 Å². The molecule has 10 heteroatoms. The topological polar surface area (TPSA) is 115 Å². The first-order chi connectivity index (χ1) is 13.9. The Labute approximate surface area is 172 Å². The zero-order valence-corrected chi connectivity index (χ0v) is 16.5. The van der Waals surface area contributed by atoms with Crippen molar-refractivity contribution in [3.63, 3.8) is 0 Å². The molecule has 0 saturated carbocycles. The van der Waals surface area contributed by atoms with E-state index in [2.05, 4.69) is 20.9 Å². The van der Waals surface area contributed by atoms with Crippen LogP contribution in [0.4, 0.5) is 0 Å². The number of ether oxygens (including phenoxy) is 3. The molecule has 0 bridgehead atoms. The van der Waals surface area contributed by atoms with Crippen molar-refractivity contribution in [2.45, 2.75) is 0 Å². The average molecular weight is 417 g/mol. The Bertz CT molecular complexity index is 901. The second kappa shape index (κ2) is 10.6. The van der Waals surface area contributed by atoms with Gasteiger partial charge in [0.25, 0.3) is 11.8 Å². The number of benzene rings is 2. The molecule has 0 atom stereocenters. The highest BCUT2D eigenvalue weighted by atomic mass is 32.1. The lowest BCUT2D eigenvalue weighted by Crippen LogP contribution is -2.49. The SMILES string of the molecule is COC(=O)c1cccc(C(=O)NC(=S)NNC(=O)COc2ccc(OC)cc2)c1. The number of thiocarbonyl (C=S) groups is 1. The Balaban J connectivity index is 1.77. The van der Waals surface area contributed by atoms with Crippen molar-refractivity contribution in [3.05, 3.63) is 59.7 Å². The van der Waals surface area contributed by atoms with E-state index in [1.54, 1.807) is 31.4 Å². The van der Waals surface area contributed by atoms with Crippen LogP contribution in [0.2, 0.25) is 0 Å². The number of carbonyl (C=O) groups excluding carboxylic acids is 3. The van der Waals surface area contributed by atoms with Crippen molar-refractivity contribution >= 4 is 35.1 Å². The Hall–Kier alpha value is -3.66. The quantitative estimate of drug-likeness (QED) is 0.365.